The Morgan fingerprint density at radius 1 is 1.04 bits per heavy atom. The summed E-state index contributed by atoms with van der Waals surface area (Å²) in [6, 6.07) is 8.08. The van der Waals surface area contributed by atoms with Crippen molar-refractivity contribution in [3.63, 3.8) is 0 Å². The Morgan fingerprint density at radius 3 is 2.48 bits per heavy atom. The van der Waals surface area contributed by atoms with Crippen molar-refractivity contribution >= 4 is 17.0 Å². The Kier molecular flexibility index (Phi) is 3.77. The average Bonchev–Trinajstić information content (AvgIpc) is 3.13. The summed E-state index contributed by atoms with van der Waals surface area (Å²) in [6.07, 6.45) is 5.54. The molecule has 132 valence electrons. The lowest BCUT2D eigenvalue weighted by atomic mass is 9.82. The number of carbonyl (C=O) groups is 1. The van der Waals surface area contributed by atoms with Crippen molar-refractivity contribution in [3.05, 3.63) is 30.2 Å². The minimum Gasteiger partial charge on any atom is -0.440 e. The fourth-order valence-electron chi connectivity index (χ4n) is 4.84. The largest absolute Gasteiger partial charge is 0.440 e. The van der Waals surface area contributed by atoms with E-state index < -0.39 is 0 Å². The third-order valence-electron chi connectivity index (χ3n) is 6.40. The van der Waals surface area contributed by atoms with E-state index in [4.69, 9.17) is 4.42 Å². The Morgan fingerprint density at radius 2 is 1.80 bits per heavy atom. The molecule has 5 nitrogen and oxygen atoms in total. The Balaban J connectivity index is 1.24. The summed E-state index contributed by atoms with van der Waals surface area (Å²) in [7, 11) is 0. The molecule has 0 saturated carbocycles. The van der Waals surface area contributed by atoms with E-state index >= 15 is 0 Å². The normalized spacial score (nSPS) is 30.1. The number of hydrogen-bond donors (Lipinski definition) is 0. The monoisotopic (exact) mass is 339 g/mol. The van der Waals surface area contributed by atoms with Gasteiger partial charge in [0.1, 0.15) is 5.52 Å². The lowest BCUT2D eigenvalue weighted by Crippen LogP contribution is -2.57. The van der Waals surface area contributed by atoms with Gasteiger partial charge in [0.05, 0.1) is 6.04 Å². The maximum Gasteiger partial charge on any atom is 0.239 e. The molecule has 0 radical (unpaired) electrons. The maximum absolute atomic E-state index is 13.0. The first kappa shape index (κ1) is 15.4. The van der Waals surface area contributed by atoms with E-state index in [0.717, 1.165) is 68.3 Å². The van der Waals surface area contributed by atoms with Crippen LogP contribution in [0.25, 0.3) is 11.1 Å². The summed E-state index contributed by atoms with van der Waals surface area (Å²) < 4.78 is 5.94. The average molecular weight is 339 g/mol. The van der Waals surface area contributed by atoms with Gasteiger partial charge in [-0.05, 0) is 63.2 Å². The highest BCUT2D eigenvalue weighted by Gasteiger charge is 2.40. The Bertz CT molecular complexity index is 737. The van der Waals surface area contributed by atoms with Crippen LogP contribution >= 0.6 is 0 Å². The van der Waals surface area contributed by atoms with Crippen LogP contribution in [0, 0.1) is 5.92 Å². The predicted octanol–water partition coefficient (Wildman–Crippen LogP) is 3.02. The van der Waals surface area contributed by atoms with Gasteiger partial charge in [0.15, 0.2) is 11.5 Å². The molecule has 1 amide bonds. The second-order valence-corrected chi connectivity index (χ2v) is 7.85. The van der Waals surface area contributed by atoms with Gasteiger partial charge in [-0.15, -0.1) is 0 Å². The molecule has 1 aromatic carbocycles. The number of likely N-dealkylation sites (tertiary alicyclic amines) is 1. The smallest absolute Gasteiger partial charge is 0.239 e. The van der Waals surface area contributed by atoms with Gasteiger partial charge in [0.25, 0.3) is 0 Å². The van der Waals surface area contributed by atoms with Crippen LogP contribution in [-0.2, 0) is 4.79 Å². The number of fused-ring (bicyclic) bond motifs is 4. The molecule has 1 atom stereocenters. The van der Waals surface area contributed by atoms with E-state index in [1.54, 1.807) is 0 Å². The topological polar surface area (TPSA) is 49.6 Å². The molecule has 1 unspecified atom stereocenters. The van der Waals surface area contributed by atoms with Crippen LogP contribution in [0.3, 0.4) is 0 Å². The van der Waals surface area contributed by atoms with Crippen LogP contribution in [0.15, 0.2) is 28.7 Å². The lowest BCUT2D eigenvalue weighted by molar-refractivity contribution is -0.142. The molecule has 4 aliphatic heterocycles. The molecule has 0 aliphatic carbocycles. The van der Waals surface area contributed by atoms with Gasteiger partial charge in [0.2, 0.25) is 5.91 Å². The molecule has 2 bridgehead atoms. The standard InChI is InChI=1S/C20H25N3O2/c24-20(17-13-14-5-9-22(17)10-6-14)23-11-7-15(8-12-23)19-21-16-3-1-2-4-18(16)25-19/h1-4,14-15,17H,5-13H2. The Labute approximate surface area is 148 Å². The molecule has 25 heavy (non-hydrogen) atoms. The van der Waals surface area contributed by atoms with Crippen molar-refractivity contribution in [2.24, 2.45) is 5.92 Å². The number of piperidine rings is 4. The lowest BCUT2D eigenvalue weighted by Gasteiger charge is -2.46. The van der Waals surface area contributed by atoms with Crippen molar-refractivity contribution in [2.45, 2.75) is 44.1 Å². The molecule has 4 fully saturated rings. The summed E-state index contributed by atoms with van der Waals surface area (Å²) >= 11 is 0. The number of carbonyl (C=O) groups excluding carboxylic acids is 1. The summed E-state index contributed by atoms with van der Waals surface area (Å²) in [5.41, 5.74) is 1.80. The van der Waals surface area contributed by atoms with Gasteiger partial charge < -0.3 is 9.32 Å². The molecule has 4 aliphatic rings. The van der Waals surface area contributed by atoms with Crippen molar-refractivity contribution < 1.29 is 9.21 Å². The van der Waals surface area contributed by atoms with Gasteiger partial charge in [-0.3, -0.25) is 9.69 Å². The van der Waals surface area contributed by atoms with E-state index in [9.17, 15) is 4.79 Å². The number of para-hydroxylation sites is 2. The molecule has 0 spiro atoms. The maximum atomic E-state index is 13.0. The summed E-state index contributed by atoms with van der Waals surface area (Å²) in [6.45, 7) is 3.88. The third-order valence-corrected chi connectivity index (χ3v) is 6.40. The number of aromatic nitrogens is 1. The highest BCUT2D eigenvalue weighted by atomic mass is 16.3. The van der Waals surface area contributed by atoms with Gasteiger partial charge in [-0.25, -0.2) is 4.98 Å². The second-order valence-electron chi connectivity index (χ2n) is 7.85. The van der Waals surface area contributed by atoms with Crippen LogP contribution in [0.4, 0.5) is 0 Å². The van der Waals surface area contributed by atoms with Gasteiger partial charge in [0, 0.05) is 19.0 Å². The van der Waals surface area contributed by atoms with E-state index in [-0.39, 0.29) is 6.04 Å². The van der Waals surface area contributed by atoms with E-state index in [0.29, 0.717) is 11.8 Å². The molecular weight excluding hydrogens is 314 g/mol. The van der Waals surface area contributed by atoms with Gasteiger partial charge >= 0.3 is 0 Å². The zero-order chi connectivity index (χ0) is 16.8. The highest BCUT2D eigenvalue weighted by molar-refractivity contribution is 5.82. The first-order chi connectivity index (χ1) is 12.3. The second kappa shape index (κ2) is 6.13. The first-order valence-corrected chi connectivity index (χ1v) is 9.66. The number of amides is 1. The Hall–Kier alpha value is -1.88. The zero-order valence-electron chi connectivity index (χ0n) is 14.6. The van der Waals surface area contributed by atoms with Crippen molar-refractivity contribution in [3.8, 4) is 0 Å². The minimum atomic E-state index is 0.147. The number of oxazole rings is 1. The van der Waals surface area contributed by atoms with E-state index in [2.05, 4.69) is 14.8 Å². The molecule has 5 heterocycles. The molecule has 4 saturated heterocycles. The molecule has 1 aromatic heterocycles. The molecule has 0 N–H and O–H groups in total. The van der Waals surface area contributed by atoms with Gasteiger partial charge in [-0.1, -0.05) is 12.1 Å². The van der Waals surface area contributed by atoms with Crippen LogP contribution in [-0.4, -0.2) is 52.9 Å². The quantitative estimate of drug-likeness (QED) is 0.844. The van der Waals surface area contributed by atoms with Crippen molar-refractivity contribution in [1.29, 1.82) is 0 Å². The first-order valence-electron chi connectivity index (χ1n) is 9.66. The van der Waals surface area contributed by atoms with Crippen molar-refractivity contribution in [1.82, 2.24) is 14.8 Å². The van der Waals surface area contributed by atoms with E-state index in [1.807, 2.05) is 24.3 Å². The SMILES string of the molecule is O=C(C1CC2CCN1CC2)N1CCC(c2nc3ccccc3o2)CC1. The zero-order valence-corrected chi connectivity index (χ0v) is 14.6. The predicted molar refractivity (Wildman–Crippen MR) is 95.3 cm³/mol. The van der Waals surface area contributed by atoms with Crippen LogP contribution < -0.4 is 0 Å². The van der Waals surface area contributed by atoms with Crippen LogP contribution in [0.2, 0.25) is 0 Å². The van der Waals surface area contributed by atoms with Gasteiger partial charge in [-0.2, -0.15) is 0 Å². The number of nitrogens with zero attached hydrogens (tertiary/aromatic N) is 3. The van der Waals surface area contributed by atoms with Crippen LogP contribution in [0.5, 0.6) is 0 Å². The fraction of sp³-hybridized carbons (Fsp3) is 0.600. The molecule has 6 rings (SSSR count). The number of benzene rings is 1. The molecule has 5 heteroatoms. The third kappa shape index (κ3) is 2.74. The number of rotatable bonds is 2. The molecule has 2 aromatic rings. The number of hydrogen-bond acceptors (Lipinski definition) is 4. The minimum absolute atomic E-state index is 0.147. The van der Waals surface area contributed by atoms with E-state index in [1.165, 1.54) is 12.8 Å². The van der Waals surface area contributed by atoms with Crippen molar-refractivity contribution in [2.75, 3.05) is 26.2 Å². The van der Waals surface area contributed by atoms with Crippen LogP contribution in [0.1, 0.15) is 43.9 Å². The fourth-order valence-corrected chi connectivity index (χ4v) is 4.84. The molecular formula is C20H25N3O2. The summed E-state index contributed by atoms with van der Waals surface area (Å²) in [5.74, 6) is 2.31. The summed E-state index contributed by atoms with van der Waals surface area (Å²) in [5, 5.41) is 0. The summed E-state index contributed by atoms with van der Waals surface area (Å²) in [4.78, 5) is 22.1. The highest BCUT2D eigenvalue weighted by Crippen LogP contribution is 2.34.